The van der Waals surface area contributed by atoms with Gasteiger partial charge in [-0.2, -0.15) is 0 Å². The van der Waals surface area contributed by atoms with E-state index >= 15 is 0 Å². The summed E-state index contributed by atoms with van der Waals surface area (Å²) in [7, 11) is 0. The monoisotopic (exact) mass is 362 g/mol. The molecule has 0 N–H and O–H groups in total. The third-order valence-electron chi connectivity index (χ3n) is 8.52. The van der Waals surface area contributed by atoms with Gasteiger partial charge in [-0.25, -0.2) is 0 Å². The molecule has 7 unspecified atom stereocenters. The average molecular weight is 363 g/mol. The van der Waals surface area contributed by atoms with E-state index in [0.29, 0.717) is 35.9 Å². The van der Waals surface area contributed by atoms with Crippen molar-refractivity contribution >= 4 is 5.97 Å². The van der Waals surface area contributed by atoms with Crippen LogP contribution in [0.5, 0.6) is 0 Å². The summed E-state index contributed by atoms with van der Waals surface area (Å²) in [6.07, 6.45) is 9.70. The van der Waals surface area contributed by atoms with Crippen molar-refractivity contribution in [2.24, 2.45) is 35.0 Å². The average Bonchev–Trinajstić information content (AvgIpc) is 3.34. The van der Waals surface area contributed by atoms with Gasteiger partial charge in [-0.1, -0.05) is 34.6 Å². The van der Waals surface area contributed by atoms with Crippen molar-refractivity contribution in [1.29, 1.82) is 0 Å². The van der Waals surface area contributed by atoms with Crippen LogP contribution in [0.25, 0.3) is 0 Å². The van der Waals surface area contributed by atoms with Crippen molar-refractivity contribution < 1.29 is 14.3 Å². The van der Waals surface area contributed by atoms with Gasteiger partial charge in [-0.05, 0) is 75.0 Å². The van der Waals surface area contributed by atoms with Crippen molar-refractivity contribution in [3.63, 3.8) is 0 Å². The van der Waals surface area contributed by atoms with Gasteiger partial charge in [0.15, 0.2) is 0 Å². The summed E-state index contributed by atoms with van der Waals surface area (Å²) in [6.45, 7) is 11.2. The number of carbonyl (C=O) groups excluding carboxylic acids is 1. The molecule has 0 radical (unpaired) electrons. The van der Waals surface area contributed by atoms with Crippen LogP contribution in [-0.2, 0) is 14.3 Å². The molecule has 0 aromatic heterocycles. The summed E-state index contributed by atoms with van der Waals surface area (Å²) >= 11 is 0. The zero-order valence-electron chi connectivity index (χ0n) is 17.4. The summed E-state index contributed by atoms with van der Waals surface area (Å²) in [5.74, 6) is 2.70. The van der Waals surface area contributed by atoms with Crippen molar-refractivity contribution in [3.8, 4) is 0 Å². The molecule has 4 aliphatic rings. The zero-order chi connectivity index (χ0) is 18.7. The molecule has 3 aliphatic carbocycles. The predicted octanol–water partition coefficient (Wildman–Crippen LogP) is 5.36. The maximum Gasteiger partial charge on any atom is 0.309 e. The highest BCUT2D eigenvalue weighted by atomic mass is 16.6. The van der Waals surface area contributed by atoms with Crippen molar-refractivity contribution in [2.75, 3.05) is 0 Å². The van der Waals surface area contributed by atoms with Crippen LogP contribution in [0.1, 0.15) is 86.0 Å². The first-order valence-electron chi connectivity index (χ1n) is 11.2. The second-order valence-electron chi connectivity index (χ2n) is 10.6. The van der Waals surface area contributed by atoms with Gasteiger partial charge in [-0.3, -0.25) is 4.79 Å². The molecule has 3 nitrogen and oxygen atoms in total. The smallest absolute Gasteiger partial charge is 0.309 e. The maximum atomic E-state index is 13.3. The highest BCUT2D eigenvalue weighted by Crippen LogP contribution is 2.62. The van der Waals surface area contributed by atoms with Gasteiger partial charge in [0, 0.05) is 5.41 Å². The number of hydrogen-bond donors (Lipinski definition) is 0. The molecule has 26 heavy (non-hydrogen) atoms. The standard InChI is InChI=1S/C23H38O3/c1-6-17-19-14-12-15(20(19)18(7-2)25-17)16(13-14)21(24)26-23(22(3,4)5)10-8-9-11-23/h14-20H,6-13H2,1-5H3. The van der Waals surface area contributed by atoms with Crippen LogP contribution < -0.4 is 0 Å². The van der Waals surface area contributed by atoms with Crippen LogP contribution in [0.3, 0.4) is 0 Å². The fraction of sp³-hybridized carbons (Fsp3) is 0.957. The van der Waals surface area contributed by atoms with Crippen molar-refractivity contribution in [2.45, 2.75) is 104 Å². The van der Waals surface area contributed by atoms with E-state index in [4.69, 9.17) is 9.47 Å². The molecule has 4 rings (SSSR count). The molecule has 7 atom stereocenters. The SMILES string of the molecule is CCC1OC(CC)C2C3CC(CC3C(=O)OC3(C(C)(C)C)CCCC3)C12. The van der Waals surface area contributed by atoms with Gasteiger partial charge in [-0.15, -0.1) is 0 Å². The van der Waals surface area contributed by atoms with Crippen molar-refractivity contribution in [1.82, 2.24) is 0 Å². The van der Waals surface area contributed by atoms with E-state index in [0.717, 1.165) is 32.1 Å². The molecule has 1 heterocycles. The van der Waals surface area contributed by atoms with E-state index in [9.17, 15) is 4.79 Å². The van der Waals surface area contributed by atoms with E-state index < -0.39 is 0 Å². The first-order chi connectivity index (χ1) is 12.3. The third-order valence-corrected chi connectivity index (χ3v) is 8.52. The Bertz CT molecular complexity index is 542. The predicted molar refractivity (Wildman–Crippen MR) is 103 cm³/mol. The molecule has 0 aromatic rings. The first kappa shape index (κ1) is 18.8. The van der Waals surface area contributed by atoms with Crippen LogP contribution in [0, 0.1) is 35.0 Å². The lowest BCUT2D eigenvalue weighted by atomic mass is 9.70. The lowest BCUT2D eigenvalue weighted by Crippen LogP contribution is -2.47. The van der Waals surface area contributed by atoms with Gasteiger partial charge in [0.05, 0.1) is 18.1 Å². The second kappa shape index (κ2) is 6.50. The molecule has 0 amide bonds. The Balaban J connectivity index is 1.51. The van der Waals surface area contributed by atoms with Crippen LogP contribution in [-0.4, -0.2) is 23.8 Å². The second-order valence-corrected chi connectivity index (χ2v) is 10.6. The molecule has 148 valence electrons. The Hall–Kier alpha value is -0.570. The van der Waals surface area contributed by atoms with E-state index in [1.54, 1.807) is 0 Å². The molecule has 0 spiro atoms. The Morgan fingerprint density at radius 1 is 1.04 bits per heavy atom. The summed E-state index contributed by atoms with van der Waals surface area (Å²) in [5.41, 5.74) is -0.220. The maximum absolute atomic E-state index is 13.3. The van der Waals surface area contributed by atoms with E-state index in [1.165, 1.54) is 19.3 Å². The minimum atomic E-state index is -0.242. The molecule has 3 heteroatoms. The first-order valence-corrected chi connectivity index (χ1v) is 11.2. The summed E-state index contributed by atoms with van der Waals surface area (Å²) in [5, 5.41) is 0. The summed E-state index contributed by atoms with van der Waals surface area (Å²) in [6, 6.07) is 0. The number of fused-ring (bicyclic) bond motifs is 5. The van der Waals surface area contributed by atoms with Gasteiger partial charge < -0.3 is 9.47 Å². The fourth-order valence-electron chi connectivity index (χ4n) is 7.16. The number of hydrogen-bond acceptors (Lipinski definition) is 3. The van der Waals surface area contributed by atoms with Crippen LogP contribution in [0.4, 0.5) is 0 Å². The zero-order valence-corrected chi connectivity index (χ0v) is 17.4. The Morgan fingerprint density at radius 2 is 1.65 bits per heavy atom. The van der Waals surface area contributed by atoms with Crippen LogP contribution in [0.15, 0.2) is 0 Å². The number of ether oxygens (including phenoxy) is 2. The fourth-order valence-corrected chi connectivity index (χ4v) is 7.16. The van der Waals surface area contributed by atoms with E-state index in [1.807, 2.05) is 0 Å². The lowest BCUT2D eigenvalue weighted by molar-refractivity contribution is -0.180. The quantitative estimate of drug-likeness (QED) is 0.631. The molecule has 0 aromatic carbocycles. The topological polar surface area (TPSA) is 35.5 Å². The Morgan fingerprint density at radius 3 is 2.23 bits per heavy atom. The molecule has 1 saturated heterocycles. The van der Waals surface area contributed by atoms with Crippen LogP contribution >= 0.6 is 0 Å². The lowest BCUT2D eigenvalue weighted by Gasteiger charge is -2.43. The van der Waals surface area contributed by atoms with E-state index in [-0.39, 0.29) is 22.9 Å². The minimum Gasteiger partial charge on any atom is -0.458 e. The van der Waals surface area contributed by atoms with Crippen LogP contribution in [0.2, 0.25) is 0 Å². The minimum absolute atomic E-state index is 0.0229. The highest BCUT2D eigenvalue weighted by molar-refractivity contribution is 5.74. The molecule has 2 bridgehead atoms. The normalized spacial score (nSPS) is 43.7. The molecular formula is C23H38O3. The number of rotatable bonds is 4. The van der Waals surface area contributed by atoms with Gasteiger partial charge >= 0.3 is 5.97 Å². The highest BCUT2D eigenvalue weighted by Gasteiger charge is 2.63. The summed E-state index contributed by atoms with van der Waals surface area (Å²) < 4.78 is 12.8. The summed E-state index contributed by atoms with van der Waals surface area (Å²) in [4.78, 5) is 13.3. The molecular weight excluding hydrogens is 324 g/mol. The number of carbonyl (C=O) groups is 1. The molecule has 1 aliphatic heterocycles. The Labute approximate surface area is 159 Å². The van der Waals surface area contributed by atoms with Gasteiger partial charge in [0.1, 0.15) is 5.60 Å². The van der Waals surface area contributed by atoms with Crippen molar-refractivity contribution in [3.05, 3.63) is 0 Å². The van der Waals surface area contributed by atoms with Gasteiger partial charge in [0.25, 0.3) is 0 Å². The number of esters is 1. The van der Waals surface area contributed by atoms with E-state index in [2.05, 4.69) is 34.6 Å². The third kappa shape index (κ3) is 2.67. The van der Waals surface area contributed by atoms with Gasteiger partial charge in [0.2, 0.25) is 0 Å². The Kier molecular flexibility index (Phi) is 4.69. The molecule has 3 saturated carbocycles. The molecule has 4 fully saturated rings. The largest absolute Gasteiger partial charge is 0.458 e.